The fourth-order valence-corrected chi connectivity index (χ4v) is 2.02. The summed E-state index contributed by atoms with van der Waals surface area (Å²) in [4.78, 5) is 16.2. The molecule has 0 radical (unpaired) electrons. The van der Waals surface area contributed by atoms with E-state index in [1.54, 1.807) is 0 Å². The number of allylic oxidation sites excluding steroid dienone is 3. The predicted molar refractivity (Wildman–Crippen MR) is 63.8 cm³/mol. The maximum absolute atomic E-state index is 11.8. The van der Waals surface area contributed by atoms with E-state index in [0.717, 1.165) is 16.7 Å². The number of nitrogens with one attached hydrogen (secondary N) is 1. The number of carbonyl (C=O) groups excluding carboxylic acids is 1. The van der Waals surface area contributed by atoms with Gasteiger partial charge in [-0.2, -0.15) is 0 Å². The first kappa shape index (κ1) is 10.8. The molecule has 1 heterocycles. The predicted octanol–water partition coefficient (Wildman–Crippen LogP) is 1.02. The van der Waals surface area contributed by atoms with Crippen LogP contribution in [0.3, 0.4) is 0 Å². The third kappa shape index (κ3) is 1.84. The molecule has 2 rings (SSSR count). The number of Topliss-reactive ketones (excluding diaryl/α,β-unsaturated/α-hetero) is 1. The van der Waals surface area contributed by atoms with E-state index in [1.165, 1.54) is 0 Å². The number of hydrogen-bond donors (Lipinski definition) is 2. The summed E-state index contributed by atoms with van der Waals surface area (Å²) in [5.74, 6) is 6.08. The normalized spacial score (nSPS) is 24.7. The lowest BCUT2D eigenvalue weighted by Gasteiger charge is -2.18. The van der Waals surface area contributed by atoms with Crippen molar-refractivity contribution in [1.29, 1.82) is 0 Å². The van der Waals surface area contributed by atoms with Gasteiger partial charge in [-0.05, 0) is 36.6 Å². The van der Waals surface area contributed by atoms with Crippen molar-refractivity contribution in [3.63, 3.8) is 0 Å². The van der Waals surface area contributed by atoms with Gasteiger partial charge in [0, 0.05) is 6.42 Å². The highest BCUT2D eigenvalue weighted by Gasteiger charge is 2.24. The Morgan fingerprint density at radius 2 is 2.19 bits per heavy atom. The number of aliphatic imine (C=N–C) groups is 1. The minimum absolute atomic E-state index is 0.0998. The summed E-state index contributed by atoms with van der Waals surface area (Å²) in [5, 5.41) is 0. The zero-order chi connectivity index (χ0) is 11.7. The second-order valence-corrected chi connectivity index (χ2v) is 4.10. The number of dihydropyridines is 1. The molecule has 0 aromatic rings. The van der Waals surface area contributed by atoms with Crippen LogP contribution < -0.4 is 11.3 Å². The fourth-order valence-electron chi connectivity index (χ4n) is 2.02. The molecule has 1 aliphatic heterocycles. The van der Waals surface area contributed by atoms with E-state index in [4.69, 9.17) is 5.84 Å². The van der Waals surface area contributed by atoms with Crippen LogP contribution in [0.2, 0.25) is 0 Å². The van der Waals surface area contributed by atoms with Crippen LogP contribution in [-0.2, 0) is 4.79 Å². The number of nitrogens with zero attached hydrogens (tertiary/aromatic N) is 1. The summed E-state index contributed by atoms with van der Waals surface area (Å²) in [6.07, 6.45) is 6.15. The SMILES string of the molecule is CC1=CC(C)=C2C=CC(NN)=NC2CC1=O. The van der Waals surface area contributed by atoms with Gasteiger partial charge in [0.25, 0.3) is 0 Å². The van der Waals surface area contributed by atoms with Crippen LogP contribution in [-0.4, -0.2) is 17.7 Å². The van der Waals surface area contributed by atoms with Crippen LogP contribution in [0, 0.1) is 0 Å². The quantitative estimate of drug-likeness (QED) is 0.470. The minimum Gasteiger partial charge on any atom is -0.309 e. The number of hydrazine groups is 1. The fraction of sp³-hybridized carbons (Fsp3) is 0.333. The maximum Gasteiger partial charge on any atom is 0.161 e. The average molecular weight is 217 g/mol. The molecule has 0 spiro atoms. The molecule has 1 unspecified atom stereocenters. The van der Waals surface area contributed by atoms with Gasteiger partial charge in [0.1, 0.15) is 5.84 Å². The van der Waals surface area contributed by atoms with E-state index in [0.29, 0.717) is 12.3 Å². The van der Waals surface area contributed by atoms with E-state index in [2.05, 4.69) is 10.4 Å². The highest BCUT2D eigenvalue weighted by atomic mass is 16.1. The van der Waals surface area contributed by atoms with Gasteiger partial charge >= 0.3 is 0 Å². The van der Waals surface area contributed by atoms with Crippen LogP contribution in [0.5, 0.6) is 0 Å². The Labute approximate surface area is 94.6 Å². The lowest BCUT2D eigenvalue weighted by molar-refractivity contribution is -0.115. The molecule has 16 heavy (non-hydrogen) atoms. The third-order valence-corrected chi connectivity index (χ3v) is 2.93. The van der Waals surface area contributed by atoms with Gasteiger partial charge in [0.05, 0.1) is 6.04 Å². The zero-order valence-electron chi connectivity index (χ0n) is 9.45. The van der Waals surface area contributed by atoms with Crippen molar-refractivity contribution in [2.45, 2.75) is 26.3 Å². The Kier molecular flexibility index (Phi) is 2.75. The summed E-state index contributed by atoms with van der Waals surface area (Å²) in [6, 6.07) is -0.0998. The molecule has 4 nitrogen and oxygen atoms in total. The summed E-state index contributed by atoms with van der Waals surface area (Å²) in [7, 11) is 0. The Balaban J connectivity index is 2.42. The Morgan fingerprint density at radius 1 is 1.44 bits per heavy atom. The second kappa shape index (κ2) is 4.06. The van der Waals surface area contributed by atoms with Crippen molar-refractivity contribution < 1.29 is 4.79 Å². The van der Waals surface area contributed by atoms with Crippen molar-refractivity contribution in [2.75, 3.05) is 0 Å². The van der Waals surface area contributed by atoms with Crippen molar-refractivity contribution >= 4 is 11.6 Å². The van der Waals surface area contributed by atoms with Crippen LogP contribution in [0.25, 0.3) is 0 Å². The monoisotopic (exact) mass is 217 g/mol. The molecule has 3 N–H and O–H groups in total. The highest BCUT2D eigenvalue weighted by Crippen LogP contribution is 2.26. The summed E-state index contributed by atoms with van der Waals surface area (Å²) in [5.41, 5.74) is 5.51. The van der Waals surface area contributed by atoms with Gasteiger partial charge in [-0.25, -0.2) is 5.84 Å². The zero-order valence-corrected chi connectivity index (χ0v) is 9.45. The molecule has 1 atom stereocenters. The molecule has 0 aromatic carbocycles. The molecule has 84 valence electrons. The van der Waals surface area contributed by atoms with Gasteiger partial charge in [-0.15, -0.1) is 0 Å². The highest BCUT2D eigenvalue weighted by molar-refractivity contribution is 5.99. The van der Waals surface area contributed by atoms with E-state index in [-0.39, 0.29) is 11.8 Å². The molecule has 0 saturated heterocycles. The molecule has 0 fully saturated rings. The molecule has 2 aliphatic rings. The van der Waals surface area contributed by atoms with Crippen molar-refractivity contribution in [1.82, 2.24) is 5.43 Å². The number of carbonyl (C=O) groups is 1. The number of hydrogen-bond acceptors (Lipinski definition) is 4. The molecule has 0 saturated carbocycles. The largest absolute Gasteiger partial charge is 0.309 e. The molecular weight excluding hydrogens is 202 g/mol. The Bertz CT molecular complexity index is 455. The first-order valence-corrected chi connectivity index (χ1v) is 5.26. The van der Waals surface area contributed by atoms with Crippen LogP contribution in [0.1, 0.15) is 20.3 Å². The number of rotatable bonds is 0. The molecule has 0 aromatic heterocycles. The molecule has 0 bridgehead atoms. The van der Waals surface area contributed by atoms with Gasteiger partial charge < -0.3 is 5.43 Å². The van der Waals surface area contributed by atoms with Crippen molar-refractivity contribution in [3.05, 3.63) is 34.9 Å². The van der Waals surface area contributed by atoms with Crippen LogP contribution in [0.15, 0.2) is 39.9 Å². The number of ketones is 1. The standard InChI is InChI=1S/C12H15N3O/c1-7-5-8(2)11(16)6-10-9(7)3-4-12(14-10)15-13/h3-5,10H,6,13H2,1-2H3,(H,14,15). The lowest BCUT2D eigenvalue weighted by Crippen LogP contribution is -2.32. The molecular formula is C12H15N3O. The molecule has 0 amide bonds. The van der Waals surface area contributed by atoms with Gasteiger partial charge in [-0.3, -0.25) is 9.79 Å². The van der Waals surface area contributed by atoms with Crippen molar-refractivity contribution in [3.8, 4) is 0 Å². The Hall–Kier alpha value is -1.68. The topological polar surface area (TPSA) is 67.5 Å². The van der Waals surface area contributed by atoms with E-state index in [1.807, 2.05) is 32.1 Å². The van der Waals surface area contributed by atoms with E-state index < -0.39 is 0 Å². The Morgan fingerprint density at radius 3 is 2.88 bits per heavy atom. The number of fused-ring (bicyclic) bond motifs is 1. The molecule has 1 aliphatic carbocycles. The summed E-state index contributed by atoms with van der Waals surface area (Å²) < 4.78 is 0. The summed E-state index contributed by atoms with van der Waals surface area (Å²) in [6.45, 7) is 3.85. The minimum atomic E-state index is -0.0998. The van der Waals surface area contributed by atoms with Gasteiger partial charge in [-0.1, -0.05) is 12.2 Å². The maximum atomic E-state index is 11.8. The summed E-state index contributed by atoms with van der Waals surface area (Å²) >= 11 is 0. The average Bonchev–Trinajstić information content (AvgIpc) is 2.37. The van der Waals surface area contributed by atoms with Gasteiger partial charge in [0.2, 0.25) is 0 Å². The first-order valence-electron chi connectivity index (χ1n) is 5.26. The smallest absolute Gasteiger partial charge is 0.161 e. The number of nitrogens with two attached hydrogens (primary N) is 1. The second-order valence-electron chi connectivity index (χ2n) is 4.10. The van der Waals surface area contributed by atoms with Gasteiger partial charge in [0.15, 0.2) is 5.78 Å². The first-order chi connectivity index (χ1) is 7.61. The van der Waals surface area contributed by atoms with Crippen LogP contribution >= 0.6 is 0 Å². The van der Waals surface area contributed by atoms with Crippen LogP contribution in [0.4, 0.5) is 0 Å². The number of amidine groups is 1. The van der Waals surface area contributed by atoms with Crippen molar-refractivity contribution in [2.24, 2.45) is 10.8 Å². The van der Waals surface area contributed by atoms with E-state index in [9.17, 15) is 4.79 Å². The third-order valence-electron chi connectivity index (χ3n) is 2.93. The lowest BCUT2D eigenvalue weighted by atomic mass is 9.97. The molecule has 4 heteroatoms. The van der Waals surface area contributed by atoms with E-state index >= 15 is 0 Å².